The SMILES string of the molecule is Cc1nc(Nc2ncc(N3CCN[C@H](C)C3)c(Nc3cn(C)nn3)n2)cc(C2CC2)c1F. The van der Waals surface area contributed by atoms with Crippen molar-refractivity contribution < 1.29 is 4.39 Å². The van der Waals surface area contributed by atoms with Crippen LogP contribution in [0.4, 0.5) is 33.5 Å². The molecule has 0 radical (unpaired) electrons. The van der Waals surface area contributed by atoms with Gasteiger partial charge in [-0.15, -0.1) is 5.10 Å². The highest BCUT2D eigenvalue weighted by Crippen LogP contribution is 2.42. The van der Waals surface area contributed by atoms with Crippen LogP contribution in [0.15, 0.2) is 18.5 Å². The van der Waals surface area contributed by atoms with Gasteiger partial charge in [0.05, 0.1) is 23.8 Å². The number of hydrogen-bond acceptors (Lipinski definition) is 9. The number of piperazine rings is 1. The lowest BCUT2D eigenvalue weighted by molar-refractivity contribution is 0.484. The summed E-state index contributed by atoms with van der Waals surface area (Å²) >= 11 is 0. The maximum Gasteiger partial charge on any atom is 0.230 e. The van der Waals surface area contributed by atoms with E-state index in [0.717, 1.165) is 38.2 Å². The van der Waals surface area contributed by atoms with Gasteiger partial charge in [0.2, 0.25) is 5.95 Å². The largest absolute Gasteiger partial charge is 0.364 e. The van der Waals surface area contributed by atoms with Gasteiger partial charge in [0.15, 0.2) is 11.6 Å². The Morgan fingerprint density at radius 1 is 1.19 bits per heavy atom. The average Bonchev–Trinajstić information content (AvgIpc) is 3.52. The minimum absolute atomic E-state index is 0.216. The molecule has 10 nitrogen and oxygen atoms in total. The Hall–Kier alpha value is -3.34. The highest BCUT2D eigenvalue weighted by molar-refractivity contribution is 5.71. The molecule has 0 amide bonds. The molecule has 2 fully saturated rings. The maximum atomic E-state index is 14.5. The Bertz CT molecular complexity index is 1130. The molecule has 0 bridgehead atoms. The van der Waals surface area contributed by atoms with E-state index in [-0.39, 0.29) is 11.7 Å². The van der Waals surface area contributed by atoms with Crippen LogP contribution in [0.2, 0.25) is 0 Å². The van der Waals surface area contributed by atoms with Gasteiger partial charge in [0.25, 0.3) is 0 Å². The normalized spacial score (nSPS) is 18.6. The van der Waals surface area contributed by atoms with Crippen molar-refractivity contribution in [2.45, 2.75) is 38.6 Å². The number of anilines is 5. The first-order valence-electron chi connectivity index (χ1n) is 10.9. The number of pyridine rings is 1. The van der Waals surface area contributed by atoms with E-state index in [9.17, 15) is 4.39 Å². The lowest BCUT2D eigenvalue weighted by atomic mass is 10.1. The molecule has 5 rings (SSSR count). The van der Waals surface area contributed by atoms with Gasteiger partial charge in [-0.1, -0.05) is 5.21 Å². The molecule has 1 atom stereocenters. The summed E-state index contributed by atoms with van der Waals surface area (Å²) in [6.07, 6.45) is 5.61. The fraction of sp³-hybridized carbons (Fsp3) is 0.476. The van der Waals surface area contributed by atoms with E-state index < -0.39 is 0 Å². The van der Waals surface area contributed by atoms with Crippen LogP contribution in [-0.2, 0) is 7.05 Å². The highest BCUT2D eigenvalue weighted by atomic mass is 19.1. The van der Waals surface area contributed by atoms with Gasteiger partial charge in [0, 0.05) is 32.7 Å². The molecule has 3 aromatic rings. The van der Waals surface area contributed by atoms with Gasteiger partial charge in [-0.05, 0) is 44.2 Å². The number of nitrogens with one attached hydrogen (secondary N) is 3. The minimum Gasteiger partial charge on any atom is -0.364 e. The van der Waals surface area contributed by atoms with Crippen molar-refractivity contribution in [1.82, 2.24) is 35.3 Å². The molecule has 11 heteroatoms. The molecule has 0 aromatic carbocycles. The number of halogens is 1. The molecule has 1 saturated carbocycles. The second-order valence-corrected chi connectivity index (χ2v) is 8.53. The molecule has 3 aromatic heterocycles. The lowest BCUT2D eigenvalue weighted by Crippen LogP contribution is -2.49. The molecule has 4 heterocycles. The van der Waals surface area contributed by atoms with Crippen molar-refractivity contribution in [3.63, 3.8) is 0 Å². The number of aryl methyl sites for hydroxylation is 2. The van der Waals surface area contributed by atoms with E-state index in [4.69, 9.17) is 4.98 Å². The summed E-state index contributed by atoms with van der Waals surface area (Å²) in [5.41, 5.74) is 1.97. The third kappa shape index (κ3) is 4.33. The Morgan fingerprint density at radius 3 is 2.75 bits per heavy atom. The second kappa shape index (κ2) is 8.30. The first-order valence-corrected chi connectivity index (χ1v) is 10.9. The summed E-state index contributed by atoms with van der Waals surface area (Å²) in [5, 5.41) is 18.0. The fourth-order valence-corrected chi connectivity index (χ4v) is 3.99. The molecule has 0 spiro atoms. The monoisotopic (exact) mass is 438 g/mol. The van der Waals surface area contributed by atoms with Crippen LogP contribution in [0.3, 0.4) is 0 Å². The number of rotatable bonds is 6. The molecule has 32 heavy (non-hydrogen) atoms. The first kappa shape index (κ1) is 20.6. The minimum atomic E-state index is -0.216. The van der Waals surface area contributed by atoms with Crippen molar-refractivity contribution in [2.24, 2.45) is 7.05 Å². The Labute approximate surface area is 185 Å². The summed E-state index contributed by atoms with van der Waals surface area (Å²) in [4.78, 5) is 15.8. The van der Waals surface area contributed by atoms with Crippen LogP contribution < -0.4 is 20.9 Å². The topological polar surface area (TPSA) is 109 Å². The highest BCUT2D eigenvalue weighted by Gasteiger charge is 2.28. The maximum absolute atomic E-state index is 14.5. The number of nitrogens with zero attached hydrogens (tertiary/aromatic N) is 7. The van der Waals surface area contributed by atoms with Crippen LogP contribution in [0.1, 0.15) is 36.9 Å². The van der Waals surface area contributed by atoms with Crippen molar-refractivity contribution in [1.29, 1.82) is 0 Å². The van der Waals surface area contributed by atoms with Crippen LogP contribution in [0.25, 0.3) is 0 Å². The molecule has 1 aliphatic carbocycles. The molecular formula is C21H27FN10. The zero-order valence-electron chi connectivity index (χ0n) is 18.4. The van der Waals surface area contributed by atoms with Crippen LogP contribution in [0.5, 0.6) is 0 Å². The van der Waals surface area contributed by atoms with Crippen molar-refractivity contribution >= 4 is 29.1 Å². The average molecular weight is 439 g/mol. The predicted molar refractivity (Wildman–Crippen MR) is 120 cm³/mol. The van der Waals surface area contributed by atoms with E-state index in [1.807, 2.05) is 7.05 Å². The summed E-state index contributed by atoms with van der Waals surface area (Å²) in [6.45, 7) is 6.41. The van der Waals surface area contributed by atoms with E-state index in [2.05, 4.69) is 48.1 Å². The Kier molecular flexibility index (Phi) is 5.33. The van der Waals surface area contributed by atoms with Crippen LogP contribution >= 0.6 is 0 Å². The van der Waals surface area contributed by atoms with E-state index in [1.165, 1.54) is 0 Å². The fourth-order valence-electron chi connectivity index (χ4n) is 3.99. The van der Waals surface area contributed by atoms with E-state index in [0.29, 0.717) is 40.7 Å². The molecule has 0 unspecified atom stereocenters. The summed E-state index contributed by atoms with van der Waals surface area (Å²) in [5.74, 6) is 2.20. The van der Waals surface area contributed by atoms with Gasteiger partial charge in [-0.3, -0.25) is 4.68 Å². The first-order chi connectivity index (χ1) is 15.5. The number of hydrogen-bond donors (Lipinski definition) is 3. The van der Waals surface area contributed by atoms with Gasteiger partial charge < -0.3 is 20.9 Å². The smallest absolute Gasteiger partial charge is 0.230 e. The Morgan fingerprint density at radius 2 is 2.03 bits per heavy atom. The molecule has 1 saturated heterocycles. The second-order valence-electron chi connectivity index (χ2n) is 8.53. The van der Waals surface area contributed by atoms with Gasteiger partial charge >= 0.3 is 0 Å². The lowest BCUT2D eigenvalue weighted by Gasteiger charge is -2.34. The van der Waals surface area contributed by atoms with E-state index in [1.54, 1.807) is 30.1 Å². The zero-order chi connectivity index (χ0) is 22.2. The molecule has 2 aliphatic rings. The Balaban J connectivity index is 1.46. The third-order valence-electron chi connectivity index (χ3n) is 5.74. The predicted octanol–water partition coefficient (Wildman–Crippen LogP) is 2.61. The molecule has 3 N–H and O–H groups in total. The van der Waals surface area contributed by atoms with Crippen molar-refractivity contribution in [2.75, 3.05) is 35.2 Å². The number of aromatic nitrogens is 6. The summed E-state index contributed by atoms with van der Waals surface area (Å²) in [6, 6.07) is 2.13. The molecular weight excluding hydrogens is 411 g/mol. The van der Waals surface area contributed by atoms with E-state index >= 15 is 0 Å². The van der Waals surface area contributed by atoms with Crippen molar-refractivity contribution in [3.8, 4) is 0 Å². The van der Waals surface area contributed by atoms with Gasteiger partial charge in [-0.2, -0.15) is 4.98 Å². The molecule has 1 aliphatic heterocycles. The van der Waals surface area contributed by atoms with Crippen LogP contribution in [-0.4, -0.2) is 55.6 Å². The third-order valence-corrected chi connectivity index (χ3v) is 5.74. The van der Waals surface area contributed by atoms with Crippen LogP contribution in [0, 0.1) is 12.7 Å². The summed E-state index contributed by atoms with van der Waals surface area (Å²) < 4.78 is 16.1. The summed E-state index contributed by atoms with van der Waals surface area (Å²) in [7, 11) is 1.81. The van der Waals surface area contributed by atoms with Gasteiger partial charge in [0.1, 0.15) is 11.6 Å². The standard InChI is InChI=1S/C21H27FN10/c1-12-10-32(7-6-23-12)16-9-24-21(28-20(16)26-18-11-31(3)30-29-18)27-17-8-15(14-4-5-14)19(22)13(2)25-17/h8-9,11-12,14,23H,4-7,10H2,1-3H3,(H2,24,25,26,27,28)/t12-/m1/s1. The zero-order valence-corrected chi connectivity index (χ0v) is 18.4. The molecule has 168 valence electrons. The van der Waals surface area contributed by atoms with Gasteiger partial charge in [-0.25, -0.2) is 14.4 Å². The quantitative estimate of drug-likeness (QED) is 0.535. The van der Waals surface area contributed by atoms with Crippen molar-refractivity contribution in [3.05, 3.63) is 35.5 Å².